The first-order chi connectivity index (χ1) is 9.74. The Morgan fingerprint density at radius 1 is 1.38 bits per heavy atom. The molecule has 1 rings (SSSR count). The summed E-state index contributed by atoms with van der Waals surface area (Å²) < 4.78 is 21.0. The van der Waals surface area contributed by atoms with E-state index >= 15 is 0 Å². The van der Waals surface area contributed by atoms with E-state index in [-0.39, 0.29) is 13.2 Å². The third-order valence-corrected chi connectivity index (χ3v) is 6.62. The second-order valence-corrected chi connectivity index (χ2v) is 9.20. The van der Waals surface area contributed by atoms with Crippen LogP contribution in [0.5, 0.6) is 0 Å². The molecular formula is C11H15Cl3NO4PS. The highest BCUT2D eigenvalue weighted by Crippen LogP contribution is 2.58. The molecule has 1 atom stereocenters. The van der Waals surface area contributed by atoms with Crippen LogP contribution >= 0.6 is 53.7 Å². The molecule has 1 heterocycles. The van der Waals surface area contributed by atoms with Gasteiger partial charge in [0, 0.05) is 0 Å². The zero-order chi connectivity index (χ0) is 16.1. The lowest BCUT2D eigenvalue weighted by atomic mass is 10.4. The van der Waals surface area contributed by atoms with Crippen LogP contribution in [-0.2, 0) is 13.6 Å². The van der Waals surface area contributed by atoms with E-state index in [9.17, 15) is 9.36 Å². The van der Waals surface area contributed by atoms with Gasteiger partial charge in [-0.2, -0.15) is 0 Å². The smallest absolute Gasteiger partial charge is 0.334 e. The summed E-state index contributed by atoms with van der Waals surface area (Å²) in [6, 6.07) is 3.30. The van der Waals surface area contributed by atoms with Crippen LogP contribution in [0.2, 0.25) is 0 Å². The minimum Gasteiger partial charge on any atom is -0.334 e. The summed E-state index contributed by atoms with van der Waals surface area (Å²) in [5.41, 5.74) is 0. The van der Waals surface area contributed by atoms with Crippen LogP contribution < -0.4 is 5.32 Å². The normalized spacial score (nSPS) is 14.0. The van der Waals surface area contributed by atoms with Crippen molar-refractivity contribution in [3.8, 4) is 0 Å². The summed E-state index contributed by atoms with van der Waals surface area (Å²) in [6.45, 7) is 3.43. The van der Waals surface area contributed by atoms with E-state index in [4.69, 9.17) is 43.9 Å². The van der Waals surface area contributed by atoms with Crippen LogP contribution in [0.15, 0.2) is 17.5 Å². The number of alkyl halides is 3. The molecule has 0 saturated carbocycles. The predicted octanol–water partition coefficient (Wildman–Crippen LogP) is 4.44. The van der Waals surface area contributed by atoms with Gasteiger partial charge >= 0.3 is 7.60 Å². The number of hydrogen-bond acceptors (Lipinski definition) is 5. The van der Waals surface area contributed by atoms with Gasteiger partial charge in [-0.15, -0.1) is 11.3 Å². The molecule has 0 aliphatic heterocycles. The number of carbonyl (C=O) groups excluding carboxylic acids is 1. The van der Waals surface area contributed by atoms with Gasteiger partial charge in [0.1, 0.15) is 0 Å². The summed E-state index contributed by atoms with van der Waals surface area (Å²) in [6.07, 6.45) is 0. The summed E-state index contributed by atoms with van der Waals surface area (Å²) in [4.78, 5) is 12.5. The van der Waals surface area contributed by atoms with Gasteiger partial charge in [0.2, 0.25) is 3.79 Å². The van der Waals surface area contributed by atoms with Gasteiger partial charge in [0.05, 0.1) is 18.1 Å². The maximum absolute atomic E-state index is 12.8. The fourth-order valence-corrected chi connectivity index (χ4v) is 5.08. The molecule has 0 unspecified atom stereocenters. The molecule has 0 aliphatic carbocycles. The van der Waals surface area contributed by atoms with Gasteiger partial charge in [-0.05, 0) is 25.3 Å². The maximum Gasteiger partial charge on any atom is 0.357 e. The zero-order valence-electron chi connectivity index (χ0n) is 11.3. The lowest BCUT2D eigenvalue weighted by molar-refractivity contribution is 0.0942. The van der Waals surface area contributed by atoms with Crippen LogP contribution in [0.1, 0.15) is 23.5 Å². The molecule has 0 saturated heterocycles. The van der Waals surface area contributed by atoms with Gasteiger partial charge in [0.25, 0.3) is 5.91 Å². The van der Waals surface area contributed by atoms with E-state index in [0.29, 0.717) is 4.88 Å². The SMILES string of the molecule is CCOP(=O)(OCC)[C@@H](NC(=O)c1cccs1)C(Cl)(Cl)Cl. The van der Waals surface area contributed by atoms with Crippen molar-refractivity contribution in [2.24, 2.45) is 0 Å². The highest BCUT2D eigenvalue weighted by atomic mass is 35.6. The Kier molecular flexibility index (Phi) is 7.47. The zero-order valence-corrected chi connectivity index (χ0v) is 15.3. The molecule has 10 heteroatoms. The summed E-state index contributed by atoms with van der Waals surface area (Å²) in [5.74, 6) is -1.93. The van der Waals surface area contributed by atoms with Crippen molar-refractivity contribution < 1.29 is 18.4 Å². The van der Waals surface area contributed by atoms with Crippen LogP contribution in [0.3, 0.4) is 0 Å². The van der Waals surface area contributed by atoms with Crippen molar-refractivity contribution in [1.29, 1.82) is 0 Å². The first kappa shape index (κ1) is 19.2. The molecule has 1 amide bonds. The Labute approximate surface area is 142 Å². The highest BCUT2D eigenvalue weighted by Gasteiger charge is 2.49. The number of thiophene rings is 1. The quantitative estimate of drug-likeness (QED) is 0.548. The maximum atomic E-state index is 12.8. The van der Waals surface area contributed by atoms with Crippen molar-refractivity contribution in [1.82, 2.24) is 5.32 Å². The van der Waals surface area contributed by atoms with Gasteiger partial charge in [0.15, 0.2) is 5.78 Å². The molecule has 0 spiro atoms. The van der Waals surface area contributed by atoms with E-state index in [2.05, 4.69) is 5.32 Å². The molecule has 0 fully saturated rings. The average molecular weight is 395 g/mol. The van der Waals surface area contributed by atoms with Crippen molar-refractivity contribution in [2.75, 3.05) is 13.2 Å². The molecule has 120 valence electrons. The van der Waals surface area contributed by atoms with E-state index < -0.39 is 23.1 Å². The van der Waals surface area contributed by atoms with Crippen LogP contribution in [0.4, 0.5) is 0 Å². The van der Waals surface area contributed by atoms with Gasteiger partial charge in [-0.3, -0.25) is 9.36 Å². The van der Waals surface area contributed by atoms with Crippen molar-refractivity contribution in [3.05, 3.63) is 22.4 Å². The minimum atomic E-state index is -3.83. The number of halogens is 3. The average Bonchev–Trinajstić information content (AvgIpc) is 2.88. The first-order valence-corrected chi connectivity index (χ1v) is 9.67. The fourth-order valence-electron chi connectivity index (χ4n) is 1.49. The molecular weight excluding hydrogens is 380 g/mol. The van der Waals surface area contributed by atoms with Gasteiger partial charge < -0.3 is 14.4 Å². The lowest BCUT2D eigenvalue weighted by Gasteiger charge is -2.31. The van der Waals surface area contributed by atoms with Crippen molar-refractivity contribution in [3.63, 3.8) is 0 Å². The molecule has 21 heavy (non-hydrogen) atoms. The third-order valence-electron chi connectivity index (χ3n) is 2.26. The second-order valence-electron chi connectivity index (χ2n) is 3.77. The van der Waals surface area contributed by atoms with Gasteiger partial charge in [-0.25, -0.2) is 0 Å². The second kappa shape index (κ2) is 8.16. The molecule has 0 aliphatic rings. The largest absolute Gasteiger partial charge is 0.357 e. The number of nitrogens with one attached hydrogen (secondary N) is 1. The van der Waals surface area contributed by atoms with E-state index in [1.165, 1.54) is 11.3 Å². The minimum absolute atomic E-state index is 0.0867. The number of amides is 1. The van der Waals surface area contributed by atoms with Crippen LogP contribution in [-0.4, -0.2) is 28.7 Å². The van der Waals surface area contributed by atoms with Gasteiger partial charge in [-0.1, -0.05) is 40.9 Å². The topological polar surface area (TPSA) is 64.6 Å². The Balaban J connectivity index is 3.05. The molecule has 1 aromatic heterocycles. The molecule has 0 radical (unpaired) electrons. The Morgan fingerprint density at radius 2 is 1.95 bits per heavy atom. The summed E-state index contributed by atoms with van der Waals surface area (Å²) in [7, 11) is -3.83. The standard InChI is InChI=1S/C11H15Cl3NO4PS/c1-3-18-20(17,19-4-2)10(11(12,13)14)15-9(16)8-6-5-7-21-8/h5-7,10H,3-4H2,1-2H3,(H,15,16)/t10-/m1/s1. The number of hydrogen-bond donors (Lipinski definition) is 1. The summed E-state index contributed by atoms with van der Waals surface area (Å²) in [5, 5.41) is 4.16. The van der Waals surface area contributed by atoms with Crippen LogP contribution in [0, 0.1) is 0 Å². The molecule has 1 aromatic rings. The highest BCUT2D eigenvalue weighted by molar-refractivity contribution is 7.55. The number of rotatable bonds is 7. The van der Waals surface area contributed by atoms with E-state index in [1.807, 2.05) is 0 Å². The lowest BCUT2D eigenvalue weighted by Crippen LogP contribution is -2.44. The Morgan fingerprint density at radius 3 is 2.33 bits per heavy atom. The Hall–Kier alpha value is 0.190. The van der Waals surface area contributed by atoms with Crippen molar-refractivity contribution in [2.45, 2.75) is 23.4 Å². The monoisotopic (exact) mass is 393 g/mol. The van der Waals surface area contributed by atoms with E-state index in [0.717, 1.165) is 0 Å². The molecule has 5 nitrogen and oxygen atoms in total. The fraction of sp³-hybridized carbons (Fsp3) is 0.545. The first-order valence-electron chi connectivity index (χ1n) is 6.04. The predicted molar refractivity (Wildman–Crippen MR) is 86.7 cm³/mol. The number of carbonyl (C=O) groups is 1. The van der Waals surface area contributed by atoms with Crippen LogP contribution in [0.25, 0.3) is 0 Å². The molecule has 1 N–H and O–H groups in total. The third kappa shape index (κ3) is 5.39. The molecule has 0 aromatic carbocycles. The summed E-state index contributed by atoms with van der Waals surface area (Å²) >= 11 is 18.8. The van der Waals surface area contributed by atoms with E-state index in [1.54, 1.807) is 31.4 Å². The molecule has 0 bridgehead atoms. The Bertz CT molecular complexity index is 496. The van der Waals surface area contributed by atoms with Crippen molar-refractivity contribution >= 4 is 59.6 Å².